The van der Waals surface area contributed by atoms with Crippen LogP contribution in [0.3, 0.4) is 0 Å². The summed E-state index contributed by atoms with van der Waals surface area (Å²) >= 11 is 0. The second kappa shape index (κ2) is 3.82. The topological polar surface area (TPSA) is 54.0 Å². The minimum atomic E-state index is -1.33. The first kappa shape index (κ1) is 8.88. The molecule has 3 heteroatoms. The first-order valence-electron chi connectivity index (χ1n) is 2.91. The van der Waals surface area contributed by atoms with Crippen molar-refractivity contribution in [2.75, 3.05) is 0 Å². The molecular formula is C7H9O3. The lowest BCUT2D eigenvalue weighted by atomic mass is 10.0. The van der Waals surface area contributed by atoms with E-state index in [2.05, 4.69) is 6.58 Å². The highest BCUT2D eigenvalue weighted by Gasteiger charge is 2.22. The molecule has 0 bridgehead atoms. The maximum absolute atomic E-state index is 10.5. The average molecular weight is 141 g/mol. The summed E-state index contributed by atoms with van der Waals surface area (Å²) in [6.45, 7) is 4.55. The largest absolute Gasteiger partial charge is 0.366 e. The zero-order chi connectivity index (χ0) is 8.15. The monoisotopic (exact) mass is 141 g/mol. The van der Waals surface area contributed by atoms with E-state index < -0.39 is 11.9 Å². The fourth-order valence-electron chi connectivity index (χ4n) is 0.595. The smallest absolute Gasteiger partial charge is 0.299 e. The van der Waals surface area contributed by atoms with Crippen molar-refractivity contribution in [2.45, 2.75) is 13.3 Å². The molecule has 0 rings (SSSR count). The molecule has 1 unspecified atom stereocenters. The van der Waals surface area contributed by atoms with Gasteiger partial charge in [0.05, 0.1) is 0 Å². The normalized spacial score (nSPS) is 12.1. The van der Waals surface area contributed by atoms with E-state index in [-0.39, 0.29) is 12.2 Å². The molecule has 0 aromatic carbocycles. The van der Waals surface area contributed by atoms with Gasteiger partial charge in [0.15, 0.2) is 0 Å². The Morgan fingerprint density at radius 2 is 2.10 bits per heavy atom. The van der Waals surface area contributed by atoms with Gasteiger partial charge in [-0.2, -0.15) is 0 Å². The van der Waals surface area contributed by atoms with Crippen molar-refractivity contribution >= 4 is 11.8 Å². The molecule has 0 N–H and O–H groups in total. The predicted molar refractivity (Wildman–Crippen MR) is 34.7 cm³/mol. The van der Waals surface area contributed by atoms with Crippen LogP contribution in [0.2, 0.25) is 0 Å². The van der Waals surface area contributed by atoms with Gasteiger partial charge in [0, 0.05) is 0 Å². The number of allylic oxidation sites excluding steroid dienone is 1. The van der Waals surface area contributed by atoms with Gasteiger partial charge in [0.1, 0.15) is 11.7 Å². The molecular weight excluding hydrogens is 132 g/mol. The fourth-order valence-corrected chi connectivity index (χ4v) is 0.595. The van der Waals surface area contributed by atoms with Crippen molar-refractivity contribution < 1.29 is 14.7 Å². The number of carbonyl (C=O) groups excluding carboxylic acids is 2. The van der Waals surface area contributed by atoms with Gasteiger partial charge in [0.2, 0.25) is 0 Å². The van der Waals surface area contributed by atoms with E-state index in [0.29, 0.717) is 0 Å². The molecule has 0 saturated heterocycles. The molecule has 0 saturated carbocycles. The van der Waals surface area contributed by atoms with Crippen LogP contribution in [0.4, 0.5) is 0 Å². The fraction of sp³-hybridized carbons (Fsp3) is 0.429. The van der Waals surface area contributed by atoms with Crippen LogP contribution in [0.15, 0.2) is 12.7 Å². The van der Waals surface area contributed by atoms with Crippen molar-refractivity contribution in [3.05, 3.63) is 12.7 Å². The quantitative estimate of drug-likeness (QED) is 0.428. The van der Waals surface area contributed by atoms with Gasteiger partial charge >= 0.3 is 5.97 Å². The molecule has 0 amide bonds. The lowest BCUT2D eigenvalue weighted by Crippen LogP contribution is -2.19. The first-order chi connectivity index (χ1) is 4.59. The third kappa shape index (κ3) is 2.44. The molecule has 0 heterocycles. The average Bonchev–Trinajstić information content (AvgIpc) is 1.81. The Labute approximate surface area is 59.4 Å². The Kier molecular flexibility index (Phi) is 3.39. The van der Waals surface area contributed by atoms with Gasteiger partial charge in [-0.25, -0.2) is 9.90 Å². The molecule has 0 spiro atoms. The lowest BCUT2D eigenvalue weighted by molar-refractivity contribution is -0.150. The molecule has 1 atom stereocenters. The number of rotatable bonds is 4. The number of carbonyl (C=O) groups is 2. The van der Waals surface area contributed by atoms with Crippen molar-refractivity contribution in [1.82, 2.24) is 0 Å². The molecule has 10 heavy (non-hydrogen) atoms. The Balaban J connectivity index is 4.11. The summed E-state index contributed by atoms with van der Waals surface area (Å²) in [5, 5.41) is 10.2. The second-order valence-corrected chi connectivity index (χ2v) is 2.01. The summed E-state index contributed by atoms with van der Waals surface area (Å²) in [7, 11) is 0. The maximum atomic E-state index is 10.5. The van der Waals surface area contributed by atoms with E-state index in [9.17, 15) is 14.7 Å². The Morgan fingerprint density at radius 3 is 2.20 bits per heavy atom. The number of hydrogen-bond donors (Lipinski definition) is 0. The minimum Gasteiger partial charge on any atom is -0.299 e. The Hall–Kier alpha value is -1.12. The van der Waals surface area contributed by atoms with Crippen LogP contribution in [0, 0.1) is 5.92 Å². The van der Waals surface area contributed by atoms with Gasteiger partial charge in [-0.15, -0.1) is 6.58 Å². The molecule has 0 aliphatic rings. The summed E-state index contributed by atoms with van der Waals surface area (Å²) in [5.74, 6) is -2.73. The van der Waals surface area contributed by atoms with E-state index in [1.165, 1.54) is 13.0 Å². The molecule has 55 valence electrons. The highest BCUT2D eigenvalue weighted by molar-refractivity contribution is 5.96. The zero-order valence-corrected chi connectivity index (χ0v) is 5.79. The maximum Gasteiger partial charge on any atom is 0.366 e. The molecule has 0 aromatic heterocycles. The molecule has 0 fully saturated rings. The highest BCUT2D eigenvalue weighted by Crippen LogP contribution is 2.04. The van der Waals surface area contributed by atoms with Gasteiger partial charge in [-0.05, 0) is 13.3 Å². The van der Waals surface area contributed by atoms with Crippen LogP contribution < -0.4 is 0 Å². The second-order valence-electron chi connectivity index (χ2n) is 2.01. The van der Waals surface area contributed by atoms with Crippen molar-refractivity contribution in [1.29, 1.82) is 0 Å². The molecule has 3 nitrogen and oxygen atoms in total. The molecule has 0 aliphatic carbocycles. The van der Waals surface area contributed by atoms with Gasteiger partial charge in [0.25, 0.3) is 0 Å². The van der Waals surface area contributed by atoms with Crippen LogP contribution in [0.5, 0.6) is 0 Å². The van der Waals surface area contributed by atoms with E-state index in [1.807, 2.05) is 0 Å². The van der Waals surface area contributed by atoms with Gasteiger partial charge < -0.3 is 0 Å². The van der Waals surface area contributed by atoms with Crippen LogP contribution in [-0.2, 0) is 14.7 Å². The van der Waals surface area contributed by atoms with Crippen LogP contribution >= 0.6 is 0 Å². The minimum absolute atomic E-state index is 0.150. The first-order valence-corrected chi connectivity index (χ1v) is 2.91. The third-order valence-electron chi connectivity index (χ3n) is 1.18. The molecule has 0 aromatic rings. The summed E-state index contributed by atoms with van der Waals surface area (Å²) in [5.41, 5.74) is 0. The predicted octanol–water partition coefficient (Wildman–Crippen LogP) is 0.725. The highest BCUT2D eigenvalue weighted by atomic mass is 16.4. The van der Waals surface area contributed by atoms with Crippen LogP contribution in [0.1, 0.15) is 13.3 Å². The van der Waals surface area contributed by atoms with E-state index >= 15 is 0 Å². The van der Waals surface area contributed by atoms with Crippen molar-refractivity contribution in [3.63, 3.8) is 0 Å². The van der Waals surface area contributed by atoms with Crippen LogP contribution in [-0.4, -0.2) is 11.8 Å². The lowest BCUT2D eigenvalue weighted by Gasteiger charge is -2.00. The molecule has 1 radical (unpaired) electrons. The standard InChI is InChI=1S/C7H9O3/c1-3-4-6(5(2)8)7(9)10/h3,6H,1,4H2,2H3. The van der Waals surface area contributed by atoms with Crippen molar-refractivity contribution in [3.8, 4) is 0 Å². The Bertz CT molecular complexity index is 146. The summed E-state index contributed by atoms with van der Waals surface area (Å²) in [6.07, 6.45) is 1.54. The van der Waals surface area contributed by atoms with Crippen LogP contribution in [0.25, 0.3) is 0 Å². The van der Waals surface area contributed by atoms with E-state index in [1.54, 1.807) is 0 Å². The number of ketones is 1. The summed E-state index contributed by atoms with van der Waals surface area (Å²) in [6, 6.07) is 0. The van der Waals surface area contributed by atoms with Crippen molar-refractivity contribution in [2.24, 2.45) is 5.92 Å². The SMILES string of the molecule is C=CCC(C(C)=O)C([O])=O. The number of Topliss-reactive ketones (excluding diaryl/α,β-unsaturated/α-hetero) is 1. The Morgan fingerprint density at radius 1 is 1.60 bits per heavy atom. The van der Waals surface area contributed by atoms with E-state index in [0.717, 1.165) is 0 Å². The zero-order valence-electron chi connectivity index (χ0n) is 5.79. The molecule has 0 aliphatic heterocycles. The van der Waals surface area contributed by atoms with Gasteiger partial charge in [-0.1, -0.05) is 6.08 Å². The summed E-state index contributed by atoms with van der Waals surface area (Å²) < 4.78 is 0. The van der Waals surface area contributed by atoms with Gasteiger partial charge in [-0.3, -0.25) is 4.79 Å². The number of hydrogen-bond acceptors (Lipinski definition) is 2. The van der Waals surface area contributed by atoms with E-state index in [4.69, 9.17) is 0 Å². The summed E-state index contributed by atoms with van der Waals surface area (Å²) in [4.78, 5) is 20.7. The third-order valence-corrected chi connectivity index (χ3v) is 1.18.